The lowest BCUT2D eigenvalue weighted by molar-refractivity contribution is 0.237. The fourth-order valence-corrected chi connectivity index (χ4v) is 2.75. The maximum atomic E-state index is 8.86. The number of ether oxygens (including phenoxy) is 1. The molecule has 0 bridgehead atoms. The van der Waals surface area contributed by atoms with E-state index in [9.17, 15) is 0 Å². The molecule has 0 saturated carbocycles. The topological polar surface area (TPSA) is 36.3 Å². The van der Waals surface area contributed by atoms with Crippen LogP contribution in [0.25, 0.3) is 0 Å². The number of nitriles is 1. The minimum Gasteiger partial charge on any atom is -0.488 e. The monoisotopic (exact) mass is 278 g/mol. The van der Waals surface area contributed by atoms with Gasteiger partial charge in [-0.05, 0) is 23.8 Å². The summed E-state index contributed by atoms with van der Waals surface area (Å²) in [6.45, 7) is 1.54. The Kier molecular flexibility index (Phi) is 4.07. The second kappa shape index (κ2) is 6.32. The second-order valence-corrected chi connectivity index (χ2v) is 5.24. The van der Waals surface area contributed by atoms with Gasteiger partial charge >= 0.3 is 0 Å². The fourth-order valence-electron chi connectivity index (χ4n) is 2.75. The van der Waals surface area contributed by atoms with Crippen LogP contribution in [0, 0.1) is 11.3 Å². The van der Waals surface area contributed by atoms with E-state index >= 15 is 0 Å². The van der Waals surface area contributed by atoms with Crippen LogP contribution in [-0.2, 0) is 6.42 Å². The summed E-state index contributed by atoms with van der Waals surface area (Å²) in [5.74, 6) is 0.996. The van der Waals surface area contributed by atoms with Crippen molar-refractivity contribution < 1.29 is 4.74 Å². The zero-order valence-corrected chi connectivity index (χ0v) is 11.9. The van der Waals surface area contributed by atoms with Crippen molar-refractivity contribution in [1.29, 1.82) is 5.26 Å². The first kappa shape index (κ1) is 13.5. The number of fused-ring (bicyclic) bond motifs is 1. The Morgan fingerprint density at radius 1 is 1.10 bits per heavy atom. The molecule has 0 N–H and O–H groups in total. The van der Waals surface area contributed by atoms with Crippen molar-refractivity contribution in [3.05, 3.63) is 60.2 Å². The average Bonchev–Trinajstić information content (AvgIpc) is 2.94. The van der Waals surface area contributed by atoms with Crippen LogP contribution >= 0.6 is 0 Å². The van der Waals surface area contributed by atoms with Gasteiger partial charge < -0.3 is 9.64 Å². The van der Waals surface area contributed by atoms with Crippen LogP contribution < -0.4 is 9.64 Å². The van der Waals surface area contributed by atoms with E-state index in [2.05, 4.69) is 35.2 Å². The lowest BCUT2D eigenvalue weighted by atomic mass is 10.1. The number of hydrogen-bond acceptors (Lipinski definition) is 3. The van der Waals surface area contributed by atoms with Gasteiger partial charge in [-0.1, -0.05) is 36.4 Å². The largest absolute Gasteiger partial charge is 0.488 e. The SMILES string of the molecule is N#CCCN(CC1Cc2ccccc2O1)c1ccccc1. The van der Waals surface area contributed by atoms with Crippen molar-refractivity contribution in [2.45, 2.75) is 18.9 Å². The maximum Gasteiger partial charge on any atom is 0.123 e. The average molecular weight is 278 g/mol. The van der Waals surface area contributed by atoms with Crippen LogP contribution in [0.1, 0.15) is 12.0 Å². The Morgan fingerprint density at radius 3 is 2.62 bits per heavy atom. The summed E-state index contributed by atoms with van der Waals surface area (Å²) < 4.78 is 6.01. The van der Waals surface area contributed by atoms with E-state index in [0.717, 1.165) is 30.9 Å². The number of para-hydroxylation sites is 2. The molecule has 0 aromatic heterocycles. The van der Waals surface area contributed by atoms with Gasteiger partial charge in [0.25, 0.3) is 0 Å². The molecule has 3 heteroatoms. The van der Waals surface area contributed by atoms with E-state index in [1.54, 1.807) is 0 Å². The van der Waals surface area contributed by atoms with Crippen LogP contribution in [-0.4, -0.2) is 19.2 Å². The summed E-state index contributed by atoms with van der Waals surface area (Å²) >= 11 is 0. The zero-order valence-electron chi connectivity index (χ0n) is 11.9. The summed E-state index contributed by atoms with van der Waals surface area (Å²) in [5, 5.41) is 8.86. The molecule has 1 aliphatic rings. The summed E-state index contributed by atoms with van der Waals surface area (Å²) in [7, 11) is 0. The molecule has 0 fully saturated rings. The molecular weight excluding hydrogens is 260 g/mol. The Bertz CT molecular complexity index is 608. The molecule has 1 atom stereocenters. The van der Waals surface area contributed by atoms with E-state index in [0.29, 0.717) is 6.42 Å². The quantitative estimate of drug-likeness (QED) is 0.841. The Balaban J connectivity index is 1.70. The van der Waals surface area contributed by atoms with Crippen molar-refractivity contribution in [3.8, 4) is 11.8 Å². The zero-order chi connectivity index (χ0) is 14.5. The number of benzene rings is 2. The van der Waals surface area contributed by atoms with Gasteiger partial charge in [-0.15, -0.1) is 0 Å². The first-order chi connectivity index (χ1) is 10.4. The molecule has 2 aromatic carbocycles. The lowest BCUT2D eigenvalue weighted by Crippen LogP contribution is -2.35. The number of rotatable bonds is 5. The molecular formula is C18H18N2O. The molecule has 0 saturated heterocycles. The van der Waals surface area contributed by atoms with Gasteiger partial charge in [-0.2, -0.15) is 5.26 Å². The highest BCUT2D eigenvalue weighted by molar-refractivity contribution is 5.47. The van der Waals surface area contributed by atoms with Gasteiger partial charge in [-0.25, -0.2) is 0 Å². The van der Waals surface area contributed by atoms with E-state index in [-0.39, 0.29) is 6.10 Å². The van der Waals surface area contributed by atoms with Gasteiger partial charge in [-0.3, -0.25) is 0 Å². The Morgan fingerprint density at radius 2 is 1.86 bits per heavy atom. The van der Waals surface area contributed by atoms with Crippen molar-refractivity contribution in [2.75, 3.05) is 18.0 Å². The molecule has 0 amide bonds. The third-order valence-electron chi connectivity index (χ3n) is 3.75. The third kappa shape index (κ3) is 3.17. The molecule has 21 heavy (non-hydrogen) atoms. The predicted octanol–water partition coefficient (Wildman–Crippen LogP) is 3.41. The van der Waals surface area contributed by atoms with E-state index in [4.69, 9.17) is 10.00 Å². The predicted molar refractivity (Wildman–Crippen MR) is 83.4 cm³/mol. The van der Waals surface area contributed by atoms with Crippen molar-refractivity contribution >= 4 is 5.69 Å². The smallest absolute Gasteiger partial charge is 0.123 e. The fraction of sp³-hybridized carbons (Fsp3) is 0.278. The van der Waals surface area contributed by atoms with Gasteiger partial charge in [0.15, 0.2) is 0 Å². The van der Waals surface area contributed by atoms with Crippen LogP contribution in [0.2, 0.25) is 0 Å². The van der Waals surface area contributed by atoms with Crippen LogP contribution in [0.15, 0.2) is 54.6 Å². The van der Waals surface area contributed by atoms with E-state index < -0.39 is 0 Å². The lowest BCUT2D eigenvalue weighted by Gasteiger charge is -2.26. The van der Waals surface area contributed by atoms with E-state index in [1.807, 2.05) is 30.3 Å². The van der Waals surface area contributed by atoms with Crippen molar-refractivity contribution in [2.24, 2.45) is 0 Å². The van der Waals surface area contributed by atoms with Crippen LogP contribution in [0.3, 0.4) is 0 Å². The van der Waals surface area contributed by atoms with Crippen molar-refractivity contribution in [1.82, 2.24) is 0 Å². The molecule has 3 nitrogen and oxygen atoms in total. The molecule has 1 heterocycles. The first-order valence-electron chi connectivity index (χ1n) is 7.28. The van der Waals surface area contributed by atoms with E-state index in [1.165, 1.54) is 5.56 Å². The third-order valence-corrected chi connectivity index (χ3v) is 3.75. The van der Waals surface area contributed by atoms with Crippen molar-refractivity contribution in [3.63, 3.8) is 0 Å². The molecule has 3 rings (SSSR count). The number of hydrogen-bond donors (Lipinski definition) is 0. The van der Waals surface area contributed by atoms with Crippen LogP contribution in [0.5, 0.6) is 5.75 Å². The first-order valence-corrected chi connectivity index (χ1v) is 7.28. The van der Waals surface area contributed by atoms with Crippen LogP contribution in [0.4, 0.5) is 5.69 Å². The highest BCUT2D eigenvalue weighted by Crippen LogP contribution is 2.29. The number of nitrogens with zero attached hydrogens (tertiary/aromatic N) is 2. The minimum absolute atomic E-state index is 0.154. The summed E-state index contributed by atoms with van der Waals surface area (Å²) in [4.78, 5) is 2.24. The molecule has 1 unspecified atom stereocenters. The minimum atomic E-state index is 0.154. The summed E-state index contributed by atoms with van der Waals surface area (Å²) in [5.41, 5.74) is 2.42. The molecule has 2 aromatic rings. The van der Waals surface area contributed by atoms with Gasteiger partial charge in [0.2, 0.25) is 0 Å². The summed E-state index contributed by atoms with van der Waals surface area (Å²) in [6, 6.07) is 20.7. The normalized spacial score (nSPS) is 15.9. The maximum absolute atomic E-state index is 8.86. The standard InChI is InChI=1S/C18H18N2O/c19-11-6-12-20(16-8-2-1-3-9-16)14-17-13-15-7-4-5-10-18(15)21-17/h1-5,7-10,17H,6,12-14H2. The van der Waals surface area contributed by atoms with Gasteiger partial charge in [0.1, 0.15) is 11.9 Å². The highest BCUT2D eigenvalue weighted by Gasteiger charge is 2.24. The molecule has 0 spiro atoms. The molecule has 1 aliphatic heterocycles. The molecule has 0 aliphatic carbocycles. The second-order valence-electron chi connectivity index (χ2n) is 5.24. The highest BCUT2D eigenvalue weighted by atomic mass is 16.5. The van der Waals surface area contributed by atoms with Gasteiger partial charge in [0.05, 0.1) is 19.0 Å². The Hall–Kier alpha value is -2.47. The molecule has 0 radical (unpaired) electrons. The number of anilines is 1. The Labute approximate surface area is 125 Å². The molecule has 106 valence electrons. The summed E-state index contributed by atoms with van der Waals surface area (Å²) in [6.07, 6.45) is 1.61. The van der Waals surface area contributed by atoms with Gasteiger partial charge in [0, 0.05) is 18.7 Å².